The van der Waals surface area contributed by atoms with E-state index in [0.29, 0.717) is 6.42 Å². The standard InChI is InChI=1S/C21H22N4OS/c26-21(11-8-17-5-2-1-3-6-17)25-14-12-24(13-15-25)20-10-9-18(22-23-20)19-7-4-16-27-19/h1-7,9-10,16H,8,11-15H2. The third-order valence-corrected chi connectivity index (χ3v) is 5.74. The summed E-state index contributed by atoms with van der Waals surface area (Å²) in [6.45, 7) is 3.07. The highest BCUT2D eigenvalue weighted by Crippen LogP contribution is 2.23. The molecule has 0 radical (unpaired) electrons. The number of benzene rings is 1. The van der Waals surface area contributed by atoms with Crippen molar-refractivity contribution in [1.82, 2.24) is 15.1 Å². The third-order valence-electron chi connectivity index (χ3n) is 4.85. The van der Waals surface area contributed by atoms with E-state index < -0.39 is 0 Å². The Hall–Kier alpha value is -2.73. The van der Waals surface area contributed by atoms with Gasteiger partial charge in [-0.15, -0.1) is 21.5 Å². The summed E-state index contributed by atoms with van der Waals surface area (Å²) in [5.41, 5.74) is 2.12. The van der Waals surface area contributed by atoms with Gasteiger partial charge in [-0.3, -0.25) is 4.79 Å². The maximum Gasteiger partial charge on any atom is 0.223 e. The van der Waals surface area contributed by atoms with Crippen LogP contribution in [0.15, 0.2) is 60.0 Å². The second-order valence-corrected chi connectivity index (χ2v) is 7.56. The van der Waals surface area contributed by atoms with E-state index in [-0.39, 0.29) is 5.91 Å². The second kappa shape index (κ2) is 8.31. The molecule has 1 saturated heterocycles. The zero-order chi connectivity index (χ0) is 18.5. The number of piperazine rings is 1. The normalized spacial score (nSPS) is 14.4. The molecule has 0 spiro atoms. The van der Waals surface area contributed by atoms with Crippen molar-refractivity contribution < 1.29 is 4.79 Å². The van der Waals surface area contributed by atoms with Crippen LogP contribution in [0.4, 0.5) is 5.82 Å². The maximum absolute atomic E-state index is 12.5. The molecule has 1 fully saturated rings. The number of aryl methyl sites for hydroxylation is 1. The zero-order valence-electron chi connectivity index (χ0n) is 15.1. The van der Waals surface area contributed by atoms with Gasteiger partial charge in [-0.05, 0) is 35.6 Å². The van der Waals surface area contributed by atoms with Gasteiger partial charge >= 0.3 is 0 Å². The van der Waals surface area contributed by atoms with E-state index in [0.717, 1.165) is 49.0 Å². The van der Waals surface area contributed by atoms with Crippen molar-refractivity contribution >= 4 is 23.1 Å². The summed E-state index contributed by atoms with van der Waals surface area (Å²) < 4.78 is 0. The number of carbonyl (C=O) groups excluding carboxylic acids is 1. The predicted octanol–water partition coefficient (Wildman–Crippen LogP) is 3.49. The molecule has 1 aromatic carbocycles. The van der Waals surface area contributed by atoms with Gasteiger partial charge in [0.2, 0.25) is 5.91 Å². The van der Waals surface area contributed by atoms with Crippen LogP contribution in [0.1, 0.15) is 12.0 Å². The molecule has 0 atom stereocenters. The van der Waals surface area contributed by atoms with Crippen molar-refractivity contribution in [2.45, 2.75) is 12.8 Å². The first kappa shape index (κ1) is 17.7. The molecule has 1 amide bonds. The van der Waals surface area contributed by atoms with Crippen LogP contribution in [-0.2, 0) is 11.2 Å². The van der Waals surface area contributed by atoms with Crippen LogP contribution in [0.3, 0.4) is 0 Å². The average Bonchev–Trinajstić information content (AvgIpc) is 3.28. The fourth-order valence-corrected chi connectivity index (χ4v) is 3.98. The van der Waals surface area contributed by atoms with Crippen LogP contribution in [0.25, 0.3) is 10.6 Å². The summed E-state index contributed by atoms with van der Waals surface area (Å²) in [5, 5.41) is 10.8. The zero-order valence-corrected chi connectivity index (χ0v) is 15.9. The van der Waals surface area contributed by atoms with Crippen LogP contribution < -0.4 is 4.90 Å². The van der Waals surface area contributed by atoms with E-state index in [1.54, 1.807) is 11.3 Å². The molecule has 3 aromatic rings. The van der Waals surface area contributed by atoms with E-state index in [9.17, 15) is 4.79 Å². The molecule has 0 aliphatic carbocycles. The predicted molar refractivity (Wildman–Crippen MR) is 109 cm³/mol. The first-order valence-electron chi connectivity index (χ1n) is 9.24. The molecule has 0 unspecified atom stereocenters. The maximum atomic E-state index is 12.5. The Morgan fingerprint density at radius 3 is 2.41 bits per heavy atom. The minimum Gasteiger partial charge on any atom is -0.352 e. The second-order valence-electron chi connectivity index (χ2n) is 6.61. The van der Waals surface area contributed by atoms with Crippen molar-refractivity contribution in [1.29, 1.82) is 0 Å². The van der Waals surface area contributed by atoms with Gasteiger partial charge in [0.25, 0.3) is 0 Å². The summed E-state index contributed by atoms with van der Waals surface area (Å²) in [6.07, 6.45) is 1.37. The molecule has 138 valence electrons. The van der Waals surface area contributed by atoms with Crippen LogP contribution in [-0.4, -0.2) is 47.2 Å². The number of anilines is 1. The average molecular weight is 379 g/mol. The highest BCUT2D eigenvalue weighted by atomic mass is 32.1. The van der Waals surface area contributed by atoms with Gasteiger partial charge in [0.1, 0.15) is 5.69 Å². The lowest BCUT2D eigenvalue weighted by Gasteiger charge is -2.35. The Labute approximate surface area is 163 Å². The smallest absolute Gasteiger partial charge is 0.223 e. The third kappa shape index (κ3) is 4.34. The lowest BCUT2D eigenvalue weighted by molar-refractivity contribution is -0.131. The molecule has 2 aromatic heterocycles. The van der Waals surface area contributed by atoms with Crippen LogP contribution in [0.5, 0.6) is 0 Å². The van der Waals surface area contributed by atoms with Gasteiger partial charge < -0.3 is 9.80 Å². The molecular weight excluding hydrogens is 356 g/mol. The molecule has 0 N–H and O–H groups in total. The quantitative estimate of drug-likeness (QED) is 0.682. The molecule has 5 nitrogen and oxygen atoms in total. The van der Waals surface area contributed by atoms with E-state index in [1.807, 2.05) is 52.7 Å². The molecular formula is C21H22N4OS. The monoisotopic (exact) mass is 378 g/mol. The Morgan fingerprint density at radius 1 is 0.926 bits per heavy atom. The van der Waals surface area contributed by atoms with Crippen molar-refractivity contribution in [3.05, 3.63) is 65.5 Å². The summed E-state index contributed by atoms with van der Waals surface area (Å²) in [5.74, 6) is 1.12. The fourth-order valence-electron chi connectivity index (χ4n) is 3.29. The largest absolute Gasteiger partial charge is 0.352 e. The molecule has 1 aliphatic rings. The molecule has 3 heterocycles. The number of amides is 1. The molecule has 6 heteroatoms. The number of thiophene rings is 1. The van der Waals surface area contributed by atoms with E-state index in [2.05, 4.69) is 27.2 Å². The lowest BCUT2D eigenvalue weighted by Crippen LogP contribution is -2.49. The van der Waals surface area contributed by atoms with Crippen LogP contribution in [0, 0.1) is 0 Å². The highest BCUT2D eigenvalue weighted by molar-refractivity contribution is 7.13. The van der Waals surface area contributed by atoms with Crippen LogP contribution >= 0.6 is 11.3 Å². The van der Waals surface area contributed by atoms with E-state index >= 15 is 0 Å². The molecule has 27 heavy (non-hydrogen) atoms. The van der Waals surface area contributed by atoms with Gasteiger partial charge in [-0.25, -0.2) is 0 Å². The van der Waals surface area contributed by atoms with Gasteiger partial charge in [-0.1, -0.05) is 36.4 Å². The molecule has 4 rings (SSSR count). The fraction of sp³-hybridized carbons (Fsp3) is 0.286. The Balaban J connectivity index is 1.29. The minimum absolute atomic E-state index is 0.234. The Morgan fingerprint density at radius 2 is 1.74 bits per heavy atom. The first-order chi connectivity index (χ1) is 13.3. The molecule has 1 aliphatic heterocycles. The van der Waals surface area contributed by atoms with E-state index in [4.69, 9.17) is 0 Å². The van der Waals surface area contributed by atoms with Crippen molar-refractivity contribution in [2.75, 3.05) is 31.1 Å². The molecule has 0 bridgehead atoms. The number of nitrogens with zero attached hydrogens (tertiary/aromatic N) is 4. The first-order valence-corrected chi connectivity index (χ1v) is 10.1. The number of hydrogen-bond acceptors (Lipinski definition) is 5. The van der Waals surface area contributed by atoms with Crippen molar-refractivity contribution in [3.63, 3.8) is 0 Å². The molecule has 0 saturated carbocycles. The summed E-state index contributed by atoms with van der Waals surface area (Å²) in [7, 11) is 0. The van der Waals surface area contributed by atoms with Crippen molar-refractivity contribution in [2.24, 2.45) is 0 Å². The van der Waals surface area contributed by atoms with Crippen molar-refractivity contribution in [3.8, 4) is 10.6 Å². The number of rotatable bonds is 5. The summed E-state index contributed by atoms with van der Waals surface area (Å²) >= 11 is 1.66. The van der Waals surface area contributed by atoms with Gasteiger partial charge in [0.15, 0.2) is 5.82 Å². The number of carbonyl (C=O) groups is 1. The Bertz CT molecular complexity index is 857. The SMILES string of the molecule is O=C(CCc1ccccc1)N1CCN(c2ccc(-c3cccs3)nn2)CC1. The van der Waals surface area contributed by atoms with Gasteiger partial charge in [0.05, 0.1) is 4.88 Å². The highest BCUT2D eigenvalue weighted by Gasteiger charge is 2.22. The summed E-state index contributed by atoms with van der Waals surface area (Å²) in [6, 6.07) is 18.3. The minimum atomic E-state index is 0.234. The Kier molecular flexibility index (Phi) is 5.44. The number of hydrogen-bond donors (Lipinski definition) is 0. The lowest BCUT2D eigenvalue weighted by atomic mass is 10.1. The van der Waals surface area contributed by atoms with Gasteiger partial charge in [0, 0.05) is 32.6 Å². The summed E-state index contributed by atoms with van der Waals surface area (Å²) in [4.78, 5) is 17.8. The van der Waals surface area contributed by atoms with Gasteiger partial charge in [-0.2, -0.15) is 0 Å². The topological polar surface area (TPSA) is 49.3 Å². The van der Waals surface area contributed by atoms with E-state index in [1.165, 1.54) is 5.56 Å². The number of aromatic nitrogens is 2. The van der Waals surface area contributed by atoms with Crippen LogP contribution in [0.2, 0.25) is 0 Å².